The van der Waals surface area contributed by atoms with E-state index in [1.54, 1.807) is 0 Å². The van der Waals surface area contributed by atoms with Crippen molar-refractivity contribution in [2.75, 3.05) is 52.5 Å². The van der Waals surface area contributed by atoms with E-state index in [4.69, 9.17) is 4.74 Å². The van der Waals surface area contributed by atoms with Gasteiger partial charge in [-0.05, 0) is 49.4 Å². The molecule has 2 heterocycles. The van der Waals surface area contributed by atoms with Crippen LogP contribution in [0.2, 0.25) is 0 Å². The fourth-order valence-electron chi connectivity index (χ4n) is 4.71. The van der Waals surface area contributed by atoms with Gasteiger partial charge in [-0.15, -0.1) is 0 Å². The van der Waals surface area contributed by atoms with Crippen molar-refractivity contribution in [2.24, 2.45) is 5.92 Å². The van der Waals surface area contributed by atoms with Gasteiger partial charge in [0.25, 0.3) is 0 Å². The van der Waals surface area contributed by atoms with Crippen molar-refractivity contribution in [1.29, 1.82) is 0 Å². The highest BCUT2D eigenvalue weighted by molar-refractivity contribution is 5.78. The first kappa shape index (κ1) is 22.0. The zero-order chi connectivity index (χ0) is 21.3. The Balaban J connectivity index is 1.27. The van der Waals surface area contributed by atoms with Crippen LogP contribution in [-0.4, -0.2) is 68.2 Å². The highest BCUT2D eigenvalue weighted by Gasteiger charge is 2.24. The standard InChI is InChI=1S/C26H35N3O2/c30-26(21-28-13-11-23(12-14-28)20-29-15-17-31-18-16-29)27-25(24-9-5-2-6-10-24)19-22-7-3-1-4-8-22/h1-10,23,25H,11-21H2,(H,27,30). The van der Waals surface area contributed by atoms with Crippen molar-refractivity contribution in [1.82, 2.24) is 15.1 Å². The third-order valence-corrected chi connectivity index (χ3v) is 6.51. The number of carbonyl (C=O) groups is 1. The van der Waals surface area contributed by atoms with Gasteiger partial charge in [-0.3, -0.25) is 14.6 Å². The average Bonchev–Trinajstić information content (AvgIpc) is 2.82. The molecule has 2 aromatic rings. The summed E-state index contributed by atoms with van der Waals surface area (Å²) in [6.07, 6.45) is 3.16. The Morgan fingerprint density at radius 2 is 1.55 bits per heavy atom. The summed E-state index contributed by atoms with van der Waals surface area (Å²) < 4.78 is 5.46. The van der Waals surface area contributed by atoms with Crippen LogP contribution in [0.5, 0.6) is 0 Å². The molecule has 2 saturated heterocycles. The summed E-state index contributed by atoms with van der Waals surface area (Å²) in [5.74, 6) is 0.865. The van der Waals surface area contributed by atoms with Crippen LogP contribution in [-0.2, 0) is 16.0 Å². The van der Waals surface area contributed by atoms with Crippen LogP contribution >= 0.6 is 0 Å². The molecule has 0 aliphatic carbocycles. The number of rotatable bonds is 8. The number of nitrogens with one attached hydrogen (secondary N) is 1. The Kier molecular flexibility index (Phi) is 8.11. The van der Waals surface area contributed by atoms with Gasteiger partial charge in [-0.1, -0.05) is 60.7 Å². The maximum Gasteiger partial charge on any atom is 0.234 e. The normalized spacial score (nSPS) is 19.7. The summed E-state index contributed by atoms with van der Waals surface area (Å²) in [6, 6.07) is 20.7. The van der Waals surface area contributed by atoms with Gasteiger partial charge in [-0.2, -0.15) is 0 Å². The molecule has 0 bridgehead atoms. The largest absolute Gasteiger partial charge is 0.379 e. The molecule has 31 heavy (non-hydrogen) atoms. The maximum absolute atomic E-state index is 12.9. The summed E-state index contributed by atoms with van der Waals surface area (Å²) in [4.78, 5) is 17.8. The van der Waals surface area contributed by atoms with E-state index in [-0.39, 0.29) is 11.9 Å². The van der Waals surface area contributed by atoms with Gasteiger partial charge < -0.3 is 10.1 Å². The maximum atomic E-state index is 12.9. The Morgan fingerprint density at radius 1 is 0.903 bits per heavy atom. The minimum Gasteiger partial charge on any atom is -0.379 e. The van der Waals surface area contributed by atoms with E-state index >= 15 is 0 Å². The lowest BCUT2D eigenvalue weighted by molar-refractivity contribution is -0.123. The predicted molar refractivity (Wildman–Crippen MR) is 124 cm³/mol. The summed E-state index contributed by atoms with van der Waals surface area (Å²) in [7, 11) is 0. The van der Waals surface area contributed by atoms with Crippen LogP contribution in [0.4, 0.5) is 0 Å². The number of nitrogens with zero attached hydrogens (tertiary/aromatic N) is 2. The third kappa shape index (κ3) is 6.89. The zero-order valence-electron chi connectivity index (χ0n) is 18.4. The van der Waals surface area contributed by atoms with Crippen LogP contribution in [0.3, 0.4) is 0 Å². The van der Waals surface area contributed by atoms with Gasteiger partial charge in [0, 0.05) is 19.6 Å². The van der Waals surface area contributed by atoms with E-state index < -0.39 is 0 Å². The first-order valence-corrected chi connectivity index (χ1v) is 11.7. The lowest BCUT2D eigenvalue weighted by Gasteiger charge is -2.36. The van der Waals surface area contributed by atoms with Crippen LogP contribution in [0.1, 0.15) is 30.0 Å². The smallest absolute Gasteiger partial charge is 0.234 e. The highest BCUT2D eigenvalue weighted by atomic mass is 16.5. The molecule has 4 rings (SSSR count). The van der Waals surface area contributed by atoms with Crippen molar-refractivity contribution < 1.29 is 9.53 Å². The molecule has 1 amide bonds. The van der Waals surface area contributed by atoms with Crippen LogP contribution in [0, 0.1) is 5.92 Å². The van der Waals surface area contributed by atoms with Crippen LogP contribution < -0.4 is 5.32 Å². The topological polar surface area (TPSA) is 44.8 Å². The highest BCUT2D eigenvalue weighted by Crippen LogP contribution is 2.20. The lowest BCUT2D eigenvalue weighted by atomic mass is 9.96. The van der Waals surface area contributed by atoms with Crippen molar-refractivity contribution >= 4 is 5.91 Å². The molecule has 2 aromatic carbocycles. The number of hydrogen-bond acceptors (Lipinski definition) is 4. The summed E-state index contributed by atoms with van der Waals surface area (Å²) in [6.45, 7) is 7.54. The number of morpholine rings is 1. The molecule has 2 aliphatic heterocycles. The van der Waals surface area contributed by atoms with E-state index in [1.165, 1.54) is 24.9 Å². The molecule has 0 aromatic heterocycles. The molecule has 5 heteroatoms. The van der Waals surface area contributed by atoms with E-state index in [2.05, 4.69) is 51.5 Å². The van der Waals surface area contributed by atoms with Gasteiger partial charge in [0.05, 0.1) is 25.8 Å². The fourth-order valence-corrected chi connectivity index (χ4v) is 4.71. The third-order valence-electron chi connectivity index (χ3n) is 6.51. The van der Waals surface area contributed by atoms with Crippen molar-refractivity contribution in [2.45, 2.75) is 25.3 Å². The van der Waals surface area contributed by atoms with Crippen LogP contribution in [0.15, 0.2) is 60.7 Å². The molecular weight excluding hydrogens is 386 g/mol. The molecule has 1 atom stereocenters. The Hall–Kier alpha value is -2.21. The van der Waals surface area contributed by atoms with Gasteiger partial charge in [0.1, 0.15) is 0 Å². The molecule has 1 unspecified atom stereocenters. The minimum absolute atomic E-state index is 0.00467. The molecule has 166 valence electrons. The zero-order valence-corrected chi connectivity index (χ0v) is 18.4. The fraction of sp³-hybridized carbons (Fsp3) is 0.500. The summed E-state index contributed by atoms with van der Waals surface area (Å²) >= 11 is 0. The molecule has 2 aliphatic rings. The number of ether oxygens (including phenoxy) is 1. The molecule has 2 fully saturated rings. The monoisotopic (exact) mass is 421 g/mol. The quantitative estimate of drug-likeness (QED) is 0.711. The van der Waals surface area contributed by atoms with E-state index in [0.717, 1.165) is 57.3 Å². The van der Waals surface area contributed by atoms with E-state index in [9.17, 15) is 4.79 Å². The second-order valence-electron chi connectivity index (χ2n) is 8.85. The van der Waals surface area contributed by atoms with Crippen molar-refractivity contribution in [3.05, 3.63) is 71.8 Å². The summed E-state index contributed by atoms with van der Waals surface area (Å²) in [5.41, 5.74) is 2.39. The van der Waals surface area contributed by atoms with Gasteiger partial charge >= 0.3 is 0 Å². The molecular formula is C26H35N3O2. The lowest BCUT2D eigenvalue weighted by Crippen LogP contribution is -2.45. The summed E-state index contributed by atoms with van der Waals surface area (Å²) in [5, 5.41) is 3.30. The number of piperidine rings is 1. The molecule has 5 nitrogen and oxygen atoms in total. The number of likely N-dealkylation sites (tertiary alicyclic amines) is 1. The van der Waals surface area contributed by atoms with Gasteiger partial charge in [0.15, 0.2) is 0 Å². The predicted octanol–water partition coefficient (Wildman–Crippen LogP) is 3.13. The first-order valence-electron chi connectivity index (χ1n) is 11.7. The molecule has 1 N–H and O–H groups in total. The Bertz CT molecular complexity index is 785. The molecule has 0 radical (unpaired) electrons. The number of amides is 1. The van der Waals surface area contributed by atoms with Gasteiger partial charge in [-0.25, -0.2) is 0 Å². The molecule has 0 spiro atoms. The number of benzene rings is 2. The second kappa shape index (κ2) is 11.4. The average molecular weight is 422 g/mol. The first-order chi connectivity index (χ1) is 15.3. The van der Waals surface area contributed by atoms with Gasteiger partial charge in [0.2, 0.25) is 5.91 Å². The Morgan fingerprint density at radius 3 is 2.23 bits per heavy atom. The van der Waals surface area contributed by atoms with E-state index in [0.29, 0.717) is 6.54 Å². The van der Waals surface area contributed by atoms with Crippen molar-refractivity contribution in [3.8, 4) is 0 Å². The van der Waals surface area contributed by atoms with Crippen molar-refractivity contribution in [3.63, 3.8) is 0 Å². The van der Waals surface area contributed by atoms with Crippen LogP contribution in [0.25, 0.3) is 0 Å². The number of hydrogen-bond donors (Lipinski definition) is 1. The SMILES string of the molecule is O=C(CN1CCC(CN2CCOCC2)CC1)NC(Cc1ccccc1)c1ccccc1. The second-order valence-corrected chi connectivity index (χ2v) is 8.85. The molecule has 0 saturated carbocycles. The van der Waals surface area contributed by atoms with E-state index in [1.807, 2.05) is 24.3 Å². The minimum atomic E-state index is -0.00467. The Labute approximate surface area is 186 Å². The number of carbonyl (C=O) groups excluding carboxylic acids is 1.